The molecule has 0 fully saturated rings. The molecule has 53 heavy (non-hydrogen) atoms. The molecule has 0 saturated heterocycles. The normalized spacial score (nSPS) is 14.2. The van der Waals surface area contributed by atoms with E-state index in [1.807, 2.05) is 0 Å². The van der Waals surface area contributed by atoms with Gasteiger partial charge in [0.15, 0.2) is 6.10 Å². The lowest BCUT2D eigenvalue weighted by Crippen LogP contribution is -2.34. The van der Waals surface area contributed by atoms with E-state index in [4.69, 9.17) is 24.8 Å². The Balaban J connectivity index is 4.45. The van der Waals surface area contributed by atoms with Crippen LogP contribution < -0.4 is 5.73 Å². The molecule has 0 aromatic heterocycles. The number of nitrogens with two attached hydrogens (primary N) is 1. The van der Waals surface area contributed by atoms with Gasteiger partial charge >= 0.3 is 25.7 Å². The molecular weight excluding hydrogens is 697 g/mol. The highest BCUT2D eigenvalue weighted by Gasteiger charge is 2.28. The maximum absolute atomic E-state index is 12.6. The number of phosphoric ester groups is 1. The van der Waals surface area contributed by atoms with Gasteiger partial charge in [0.1, 0.15) is 12.6 Å². The lowest BCUT2D eigenvalue weighted by atomic mass is 10.1. The number of hydrogen-bond acceptors (Lipinski definition) is 9. The van der Waals surface area contributed by atoms with Gasteiger partial charge in [-0.2, -0.15) is 0 Å². The van der Waals surface area contributed by atoms with Gasteiger partial charge in [-0.3, -0.25) is 23.4 Å². The summed E-state index contributed by atoms with van der Waals surface area (Å²) in [6, 6.07) is -1.52. The smallest absolute Gasteiger partial charge is 0.472 e. The molecule has 0 spiro atoms. The standard InChI is InChI=1S/C41H74NO10P/c1-3-5-7-9-11-13-15-17-19-21-23-25-27-29-31-33-40(44)52-37(35-50-53(47,48)51-36-38(42)41(45)46)34-49-39(43)32-30-28-26-24-22-20-18-16-14-12-10-8-6-4-2/h13,15-19,37-38H,3-12,14,20-36,42H2,1-2H3,(H,45,46)(H,47,48)/b15-13+,18-16+,19-17+/t37-,38+/m1/s1. The number of phosphoric acid groups is 1. The van der Waals surface area contributed by atoms with Crippen LogP contribution in [0.4, 0.5) is 0 Å². The van der Waals surface area contributed by atoms with Crippen LogP contribution >= 0.6 is 7.82 Å². The molecule has 1 unspecified atom stereocenters. The second kappa shape index (κ2) is 36.7. The maximum Gasteiger partial charge on any atom is 0.472 e. The van der Waals surface area contributed by atoms with Gasteiger partial charge in [0.2, 0.25) is 0 Å². The molecular formula is C41H74NO10P. The average molecular weight is 772 g/mol. The third kappa shape index (κ3) is 36.4. The molecule has 0 bridgehead atoms. The van der Waals surface area contributed by atoms with Crippen molar-refractivity contribution < 1.29 is 47.5 Å². The monoisotopic (exact) mass is 772 g/mol. The summed E-state index contributed by atoms with van der Waals surface area (Å²) in [5.41, 5.74) is 5.32. The number of esters is 2. The minimum Gasteiger partial charge on any atom is -0.480 e. The topological polar surface area (TPSA) is 172 Å². The van der Waals surface area contributed by atoms with Crippen molar-refractivity contribution >= 4 is 25.7 Å². The molecule has 0 rings (SSSR count). The molecule has 0 heterocycles. The number of rotatable bonds is 38. The largest absolute Gasteiger partial charge is 0.480 e. The average Bonchev–Trinajstić information content (AvgIpc) is 3.13. The van der Waals surface area contributed by atoms with Crippen LogP contribution in [0.5, 0.6) is 0 Å². The van der Waals surface area contributed by atoms with Crippen LogP contribution in [-0.4, -0.2) is 59.9 Å². The van der Waals surface area contributed by atoms with Crippen LogP contribution in [0.2, 0.25) is 0 Å². The van der Waals surface area contributed by atoms with Crippen molar-refractivity contribution in [3.63, 3.8) is 0 Å². The van der Waals surface area contributed by atoms with Gasteiger partial charge < -0.3 is 25.2 Å². The quantitative estimate of drug-likeness (QED) is 0.0179. The number of carboxylic acid groups (broad SMARTS) is 1. The van der Waals surface area contributed by atoms with E-state index in [1.165, 1.54) is 57.8 Å². The molecule has 11 nitrogen and oxygen atoms in total. The first-order valence-corrected chi connectivity index (χ1v) is 22.0. The molecule has 4 N–H and O–H groups in total. The van der Waals surface area contributed by atoms with E-state index in [0.29, 0.717) is 12.8 Å². The van der Waals surface area contributed by atoms with Gasteiger partial charge in [-0.25, -0.2) is 4.57 Å². The van der Waals surface area contributed by atoms with Gasteiger partial charge in [-0.1, -0.05) is 134 Å². The van der Waals surface area contributed by atoms with Gasteiger partial charge in [-0.05, 0) is 64.2 Å². The van der Waals surface area contributed by atoms with Crippen LogP contribution in [0, 0.1) is 0 Å². The molecule has 0 aliphatic rings. The molecule has 0 aromatic rings. The lowest BCUT2D eigenvalue weighted by Gasteiger charge is -2.20. The van der Waals surface area contributed by atoms with Gasteiger partial charge in [0.05, 0.1) is 13.2 Å². The summed E-state index contributed by atoms with van der Waals surface area (Å²) in [6.07, 6.45) is 37.8. The van der Waals surface area contributed by atoms with Crippen molar-refractivity contribution in [3.8, 4) is 0 Å². The summed E-state index contributed by atoms with van der Waals surface area (Å²) < 4.78 is 32.6. The Labute approximate surface area is 321 Å². The zero-order valence-corrected chi connectivity index (χ0v) is 34.0. The molecule has 0 saturated carbocycles. The molecule has 0 aliphatic carbocycles. The van der Waals surface area contributed by atoms with Crippen molar-refractivity contribution in [1.29, 1.82) is 0 Å². The van der Waals surface area contributed by atoms with Crippen LogP contribution in [0.25, 0.3) is 0 Å². The summed E-state index contributed by atoms with van der Waals surface area (Å²) in [5.74, 6) is -2.41. The first-order chi connectivity index (χ1) is 25.6. The first kappa shape index (κ1) is 50.7. The predicted octanol–water partition coefficient (Wildman–Crippen LogP) is 10.4. The minimum absolute atomic E-state index is 0.142. The number of aliphatic carboxylic acids is 1. The van der Waals surface area contributed by atoms with Crippen molar-refractivity contribution in [2.45, 2.75) is 187 Å². The fourth-order valence-electron chi connectivity index (χ4n) is 5.34. The highest BCUT2D eigenvalue weighted by molar-refractivity contribution is 7.47. The molecule has 3 atom stereocenters. The van der Waals surface area contributed by atoms with E-state index in [9.17, 15) is 23.8 Å². The Morgan fingerprint density at radius 2 is 1.00 bits per heavy atom. The molecule has 0 aromatic carbocycles. The van der Waals surface area contributed by atoms with Crippen LogP contribution in [-0.2, 0) is 37.5 Å². The fraction of sp³-hybridized carbons (Fsp3) is 0.780. The second-order valence-electron chi connectivity index (χ2n) is 13.8. The van der Waals surface area contributed by atoms with Crippen molar-refractivity contribution in [3.05, 3.63) is 36.5 Å². The predicted molar refractivity (Wildman–Crippen MR) is 212 cm³/mol. The van der Waals surface area contributed by atoms with E-state index in [-0.39, 0.29) is 19.4 Å². The van der Waals surface area contributed by atoms with Crippen molar-refractivity contribution in [2.24, 2.45) is 5.73 Å². The summed E-state index contributed by atoms with van der Waals surface area (Å²) in [7, 11) is -4.72. The number of allylic oxidation sites excluding steroid dienone is 6. The van der Waals surface area contributed by atoms with Crippen LogP contribution in [0.3, 0.4) is 0 Å². The van der Waals surface area contributed by atoms with E-state index < -0.39 is 51.1 Å². The number of unbranched alkanes of at least 4 members (excludes halogenated alkanes) is 19. The second-order valence-corrected chi connectivity index (χ2v) is 15.2. The number of hydrogen-bond donors (Lipinski definition) is 3. The number of carbonyl (C=O) groups excluding carboxylic acids is 2. The van der Waals surface area contributed by atoms with Crippen LogP contribution in [0.15, 0.2) is 36.5 Å². The highest BCUT2D eigenvalue weighted by Crippen LogP contribution is 2.43. The fourth-order valence-corrected chi connectivity index (χ4v) is 6.12. The summed E-state index contributed by atoms with van der Waals surface area (Å²) >= 11 is 0. The van der Waals surface area contributed by atoms with Gasteiger partial charge in [-0.15, -0.1) is 0 Å². The Morgan fingerprint density at radius 1 is 0.585 bits per heavy atom. The Hall–Kier alpha value is -2.30. The van der Waals surface area contributed by atoms with Gasteiger partial charge in [0, 0.05) is 12.8 Å². The number of carboxylic acids is 1. The SMILES string of the molecule is CCCCCC/C=C/C=C/CCCCCCCC(=O)O[C@H](COC(=O)CCCCCCC/C=C/CCCCCCC)COP(=O)(O)OC[C@H](N)C(=O)O. The number of ether oxygens (including phenoxy) is 2. The van der Waals surface area contributed by atoms with E-state index in [0.717, 1.165) is 77.0 Å². The molecule has 308 valence electrons. The molecule has 12 heteroatoms. The van der Waals surface area contributed by atoms with Crippen LogP contribution in [0.1, 0.15) is 174 Å². The van der Waals surface area contributed by atoms with E-state index in [1.54, 1.807) is 0 Å². The summed E-state index contributed by atoms with van der Waals surface area (Å²) in [6.45, 7) is 2.74. The van der Waals surface area contributed by atoms with E-state index >= 15 is 0 Å². The zero-order valence-electron chi connectivity index (χ0n) is 33.1. The minimum atomic E-state index is -4.72. The first-order valence-electron chi connectivity index (χ1n) is 20.5. The Morgan fingerprint density at radius 3 is 1.51 bits per heavy atom. The third-order valence-electron chi connectivity index (χ3n) is 8.64. The summed E-state index contributed by atoms with van der Waals surface area (Å²) in [5, 5.41) is 8.87. The highest BCUT2D eigenvalue weighted by atomic mass is 31.2. The molecule has 0 aliphatic heterocycles. The Bertz CT molecular complexity index is 1050. The zero-order chi connectivity index (χ0) is 39.3. The number of carbonyl (C=O) groups is 3. The molecule has 0 amide bonds. The van der Waals surface area contributed by atoms with Crippen molar-refractivity contribution in [2.75, 3.05) is 19.8 Å². The van der Waals surface area contributed by atoms with Crippen molar-refractivity contribution in [1.82, 2.24) is 0 Å². The molecule has 0 radical (unpaired) electrons. The van der Waals surface area contributed by atoms with Gasteiger partial charge in [0.25, 0.3) is 0 Å². The maximum atomic E-state index is 12.6. The van der Waals surface area contributed by atoms with E-state index in [2.05, 4.69) is 54.8 Å². The lowest BCUT2D eigenvalue weighted by molar-refractivity contribution is -0.161. The summed E-state index contributed by atoms with van der Waals surface area (Å²) in [4.78, 5) is 45.8. The third-order valence-corrected chi connectivity index (χ3v) is 9.59. The Kier molecular flexibility index (Phi) is 35.1.